The van der Waals surface area contributed by atoms with Crippen molar-refractivity contribution in [3.05, 3.63) is 35.9 Å². The molecule has 0 aliphatic carbocycles. The minimum Gasteiger partial charge on any atom is -0.462 e. The van der Waals surface area contributed by atoms with E-state index in [0.29, 0.717) is 18.5 Å². The second kappa shape index (κ2) is 6.18. The Hall–Kier alpha value is -2.37. The van der Waals surface area contributed by atoms with Gasteiger partial charge in [0.15, 0.2) is 0 Å². The number of esters is 2. The Bertz CT molecular complexity index is 514. The third-order valence-corrected chi connectivity index (χ3v) is 2.89. The molecule has 2 rings (SSSR count). The fourth-order valence-corrected chi connectivity index (χ4v) is 1.78. The zero-order chi connectivity index (χ0) is 14.5. The fraction of sp³-hybridized carbons (Fsp3) is 0.357. The summed E-state index contributed by atoms with van der Waals surface area (Å²) in [4.78, 5) is 36.4. The van der Waals surface area contributed by atoms with E-state index in [0.717, 1.165) is 0 Å². The highest BCUT2D eigenvalue weighted by Crippen LogP contribution is 2.17. The number of carbonyl (C=O) groups is 3. The summed E-state index contributed by atoms with van der Waals surface area (Å²) in [5.74, 6) is -1.63. The van der Waals surface area contributed by atoms with Gasteiger partial charge in [0.25, 0.3) is 6.23 Å². The Morgan fingerprint density at radius 2 is 2.00 bits per heavy atom. The summed E-state index contributed by atoms with van der Waals surface area (Å²) >= 11 is 0. The van der Waals surface area contributed by atoms with Crippen molar-refractivity contribution < 1.29 is 23.9 Å². The zero-order valence-electron chi connectivity index (χ0n) is 11.1. The number of rotatable bonds is 5. The van der Waals surface area contributed by atoms with Gasteiger partial charge in [-0.25, -0.2) is 9.59 Å². The SMILES string of the molecule is CCOC(=O)C(OC(=O)c1ccccc1)N1CCC1=O. The molecule has 1 saturated heterocycles. The predicted molar refractivity (Wildman–Crippen MR) is 68.6 cm³/mol. The molecule has 1 unspecified atom stereocenters. The Kier molecular flexibility index (Phi) is 4.34. The summed E-state index contributed by atoms with van der Waals surface area (Å²) in [5, 5.41) is 0. The molecule has 6 nitrogen and oxygen atoms in total. The molecule has 1 aliphatic heterocycles. The molecule has 1 heterocycles. The summed E-state index contributed by atoms with van der Waals surface area (Å²) in [6, 6.07) is 8.28. The molecule has 0 radical (unpaired) electrons. The largest absolute Gasteiger partial charge is 0.462 e. The van der Waals surface area contributed by atoms with E-state index in [1.54, 1.807) is 37.3 Å². The second-order valence-electron chi connectivity index (χ2n) is 4.21. The van der Waals surface area contributed by atoms with E-state index >= 15 is 0 Å². The molecule has 106 valence electrons. The van der Waals surface area contributed by atoms with Gasteiger partial charge in [-0.15, -0.1) is 0 Å². The molecule has 0 spiro atoms. The third kappa shape index (κ3) is 2.96. The highest BCUT2D eigenvalue weighted by molar-refractivity contribution is 5.93. The van der Waals surface area contributed by atoms with Crippen molar-refractivity contribution in [2.45, 2.75) is 19.6 Å². The average Bonchev–Trinajstić information content (AvgIpc) is 2.46. The lowest BCUT2D eigenvalue weighted by atomic mass is 10.2. The molecule has 1 aromatic carbocycles. The van der Waals surface area contributed by atoms with Crippen LogP contribution in [0.25, 0.3) is 0 Å². The maximum Gasteiger partial charge on any atom is 0.369 e. The van der Waals surface area contributed by atoms with Gasteiger partial charge in [-0.3, -0.25) is 9.69 Å². The molecule has 20 heavy (non-hydrogen) atoms. The van der Waals surface area contributed by atoms with Crippen LogP contribution in [0.2, 0.25) is 0 Å². The topological polar surface area (TPSA) is 72.9 Å². The standard InChI is InChI=1S/C14H15NO5/c1-2-19-14(18)12(15-9-8-11(15)16)20-13(17)10-6-4-3-5-7-10/h3-7,12H,2,8-9H2,1H3. The number of amides is 1. The van der Waals surface area contributed by atoms with Gasteiger partial charge in [0.05, 0.1) is 12.2 Å². The lowest BCUT2D eigenvalue weighted by molar-refractivity contribution is -0.177. The summed E-state index contributed by atoms with van der Waals surface area (Å²) in [5.41, 5.74) is 0.315. The van der Waals surface area contributed by atoms with Crippen LogP contribution in [-0.4, -0.2) is 42.1 Å². The van der Waals surface area contributed by atoms with Gasteiger partial charge in [0, 0.05) is 13.0 Å². The fourth-order valence-electron chi connectivity index (χ4n) is 1.78. The smallest absolute Gasteiger partial charge is 0.369 e. The van der Waals surface area contributed by atoms with Crippen LogP contribution in [0.15, 0.2) is 30.3 Å². The number of hydrogen-bond donors (Lipinski definition) is 0. The quantitative estimate of drug-likeness (QED) is 0.592. The number of hydrogen-bond acceptors (Lipinski definition) is 5. The molecule has 0 saturated carbocycles. The molecule has 0 aromatic heterocycles. The molecule has 1 fully saturated rings. The van der Waals surface area contributed by atoms with Gasteiger partial charge >= 0.3 is 11.9 Å². The number of nitrogens with zero attached hydrogens (tertiary/aromatic N) is 1. The first-order valence-electron chi connectivity index (χ1n) is 6.35. The summed E-state index contributed by atoms with van der Waals surface area (Å²) < 4.78 is 9.95. The molecular formula is C14H15NO5. The predicted octanol–water partition coefficient (Wildman–Crippen LogP) is 0.965. The Balaban J connectivity index is 2.09. The van der Waals surface area contributed by atoms with Crippen LogP contribution >= 0.6 is 0 Å². The monoisotopic (exact) mass is 277 g/mol. The van der Waals surface area contributed by atoms with Crippen molar-refractivity contribution >= 4 is 17.8 Å². The minimum absolute atomic E-state index is 0.153. The van der Waals surface area contributed by atoms with Crippen LogP contribution in [-0.2, 0) is 19.1 Å². The molecule has 1 atom stereocenters. The zero-order valence-corrected chi connectivity index (χ0v) is 11.1. The summed E-state index contributed by atoms with van der Waals surface area (Å²) in [6.45, 7) is 2.18. The Morgan fingerprint density at radius 1 is 1.30 bits per heavy atom. The highest BCUT2D eigenvalue weighted by atomic mass is 16.6. The maximum absolute atomic E-state index is 11.9. The van der Waals surface area contributed by atoms with Crippen molar-refractivity contribution in [1.29, 1.82) is 0 Å². The first-order valence-corrected chi connectivity index (χ1v) is 6.35. The van der Waals surface area contributed by atoms with Gasteiger partial charge in [0.2, 0.25) is 5.91 Å². The highest BCUT2D eigenvalue weighted by Gasteiger charge is 2.39. The van der Waals surface area contributed by atoms with Gasteiger partial charge in [-0.1, -0.05) is 18.2 Å². The molecule has 0 N–H and O–H groups in total. The first-order chi connectivity index (χ1) is 9.63. The second-order valence-corrected chi connectivity index (χ2v) is 4.21. The number of benzene rings is 1. The van der Waals surface area contributed by atoms with Crippen LogP contribution < -0.4 is 0 Å². The summed E-state index contributed by atoms with van der Waals surface area (Å²) in [7, 11) is 0. The van der Waals surface area contributed by atoms with Crippen LogP contribution in [0.3, 0.4) is 0 Å². The normalized spacial score (nSPS) is 15.2. The Morgan fingerprint density at radius 3 is 2.50 bits per heavy atom. The maximum atomic E-state index is 11.9. The van der Waals surface area contributed by atoms with Crippen LogP contribution in [0, 0.1) is 0 Å². The Labute approximate surface area is 116 Å². The number of likely N-dealkylation sites (tertiary alicyclic amines) is 1. The van der Waals surface area contributed by atoms with E-state index in [-0.39, 0.29) is 12.5 Å². The van der Waals surface area contributed by atoms with Gasteiger partial charge in [-0.05, 0) is 19.1 Å². The van der Waals surface area contributed by atoms with Gasteiger partial charge in [0.1, 0.15) is 0 Å². The van der Waals surface area contributed by atoms with Crippen LogP contribution in [0.4, 0.5) is 0 Å². The number of carbonyl (C=O) groups excluding carboxylic acids is 3. The lowest BCUT2D eigenvalue weighted by Gasteiger charge is -2.35. The van der Waals surface area contributed by atoms with E-state index < -0.39 is 18.2 Å². The average molecular weight is 277 g/mol. The molecule has 0 bridgehead atoms. The van der Waals surface area contributed by atoms with Crippen molar-refractivity contribution in [3.63, 3.8) is 0 Å². The molecule has 1 aliphatic rings. The number of β-lactam (4-membered cyclic amide) rings is 1. The van der Waals surface area contributed by atoms with E-state index in [1.807, 2.05) is 0 Å². The van der Waals surface area contributed by atoms with E-state index in [4.69, 9.17) is 9.47 Å². The lowest BCUT2D eigenvalue weighted by Crippen LogP contribution is -2.55. The van der Waals surface area contributed by atoms with Crippen LogP contribution in [0.1, 0.15) is 23.7 Å². The van der Waals surface area contributed by atoms with E-state index in [1.165, 1.54) is 4.90 Å². The molecular weight excluding hydrogens is 262 g/mol. The van der Waals surface area contributed by atoms with Gasteiger partial charge < -0.3 is 9.47 Å². The number of ether oxygens (including phenoxy) is 2. The van der Waals surface area contributed by atoms with Crippen LogP contribution in [0.5, 0.6) is 0 Å². The third-order valence-electron chi connectivity index (χ3n) is 2.89. The van der Waals surface area contributed by atoms with E-state index in [2.05, 4.69) is 0 Å². The minimum atomic E-state index is -1.30. The van der Waals surface area contributed by atoms with Crippen molar-refractivity contribution in [3.8, 4) is 0 Å². The van der Waals surface area contributed by atoms with Gasteiger partial charge in [-0.2, -0.15) is 0 Å². The van der Waals surface area contributed by atoms with Crippen molar-refractivity contribution in [1.82, 2.24) is 4.90 Å². The first kappa shape index (κ1) is 14.0. The summed E-state index contributed by atoms with van der Waals surface area (Å²) in [6.07, 6.45) is -0.956. The molecule has 1 amide bonds. The van der Waals surface area contributed by atoms with E-state index in [9.17, 15) is 14.4 Å². The molecule has 6 heteroatoms. The molecule has 1 aromatic rings. The van der Waals surface area contributed by atoms with Crippen molar-refractivity contribution in [2.24, 2.45) is 0 Å². The van der Waals surface area contributed by atoms with Crippen molar-refractivity contribution in [2.75, 3.05) is 13.2 Å².